The molecule has 0 aliphatic heterocycles. The fourth-order valence-electron chi connectivity index (χ4n) is 2.24. The molecule has 1 aromatic rings. The zero-order chi connectivity index (χ0) is 22.5. The fraction of sp³-hybridized carbons (Fsp3) is 0.600. The molecule has 0 saturated carbocycles. The van der Waals surface area contributed by atoms with Gasteiger partial charge in [0.1, 0.15) is 12.1 Å². The fourth-order valence-corrected chi connectivity index (χ4v) is 2.24. The number of carbonyl (C=O) groups is 3. The van der Waals surface area contributed by atoms with Crippen LogP contribution in [0.1, 0.15) is 51.0 Å². The van der Waals surface area contributed by atoms with Crippen LogP contribution in [-0.2, 0) is 23.8 Å². The molecular weight excluding hydrogens is 396 g/mol. The average Bonchev–Trinajstić information content (AvgIpc) is 2.70. The van der Waals surface area contributed by atoms with Crippen LogP contribution >= 0.6 is 0 Å². The van der Waals surface area contributed by atoms with Crippen LogP contribution < -0.4 is 14.8 Å². The maximum absolute atomic E-state index is 12.6. The zero-order valence-electron chi connectivity index (χ0n) is 18.1. The van der Waals surface area contributed by atoms with Crippen molar-refractivity contribution < 1.29 is 38.1 Å². The van der Waals surface area contributed by atoms with Gasteiger partial charge >= 0.3 is 11.9 Å². The molecule has 30 heavy (non-hydrogen) atoms. The van der Waals surface area contributed by atoms with Crippen LogP contribution in [0.5, 0.6) is 11.5 Å². The molecule has 1 N–H and O–H groups in total. The van der Waals surface area contributed by atoms with E-state index in [-0.39, 0.29) is 23.3 Å². The van der Waals surface area contributed by atoms with E-state index < -0.39 is 30.7 Å². The number of nitrogens with zero attached hydrogens (tertiary/aromatic N) is 1. The van der Waals surface area contributed by atoms with Gasteiger partial charge in [-0.25, -0.2) is 9.78 Å². The lowest BCUT2D eigenvalue weighted by atomic mass is 10.2. The average molecular weight is 426 g/mol. The number of amides is 1. The molecule has 10 nitrogen and oxygen atoms in total. The van der Waals surface area contributed by atoms with Crippen LogP contribution in [0.4, 0.5) is 0 Å². The van der Waals surface area contributed by atoms with Crippen molar-refractivity contribution in [2.75, 3.05) is 27.1 Å². The first-order chi connectivity index (χ1) is 14.3. The first-order valence-electron chi connectivity index (χ1n) is 9.68. The third-order valence-corrected chi connectivity index (χ3v) is 3.80. The quantitative estimate of drug-likeness (QED) is 0.286. The molecule has 168 valence electrons. The second kappa shape index (κ2) is 13.4. The maximum atomic E-state index is 12.6. The number of ether oxygens (including phenoxy) is 5. The number of carbonyl (C=O) groups excluding carboxylic acids is 3. The first kappa shape index (κ1) is 25.2. The second-order valence-corrected chi connectivity index (χ2v) is 6.43. The summed E-state index contributed by atoms with van der Waals surface area (Å²) in [6, 6.07) is 0.561. The first-order valence-corrected chi connectivity index (χ1v) is 9.68. The third-order valence-electron chi connectivity index (χ3n) is 3.80. The molecule has 0 radical (unpaired) electrons. The van der Waals surface area contributed by atoms with Gasteiger partial charge in [-0.1, -0.05) is 6.92 Å². The van der Waals surface area contributed by atoms with Crippen molar-refractivity contribution >= 4 is 17.8 Å². The van der Waals surface area contributed by atoms with E-state index in [9.17, 15) is 14.4 Å². The topological polar surface area (TPSA) is 122 Å². The molecule has 10 heteroatoms. The lowest BCUT2D eigenvalue weighted by Gasteiger charge is -2.18. The number of hydrogen-bond acceptors (Lipinski definition) is 9. The monoisotopic (exact) mass is 426 g/mol. The summed E-state index contributed by atoms with van der Waals surface area (Å²) in [5, 5.41) is 2.52. The zero-order valence-corrected chi connectivity index (χ0v) is 18.1. The van der Waals surface area contributed by atoms with E-state index in [1.807, 2.05) is 6.92 Å². The van der Waals surface area contributed by atoms with E-state index >= 15 is 0 Å². The number of esters is 2. The number of rotatable bonds is 13. The summed E-state index contributed by atoms with van der Waals surface area (Å²) in [7, 11) is 1.39. The Morgan fingerprint density at radius 3 is 2.57 bits per heavy atom. The van der Waals surface area contributed by atoms with Crippen LogP contribution in [0.25, 0.3) is 0 Å². The highest BCUT2D eigenvalue weighted by atomic mass is 16.7. The summed E-state index contributed by atoms with van der Waals surface area (Å²) >= 11 is 0. The minimum atomic E-state index is -0.925. The Balaban J connectivity index is 2.71. The smallest absolute Gasteiger partial charge is 0.328 e. The minimum Gasteiger partial charge on any atom is -0.493 e. The van der Waals surface area contributed by atoms with Gasteiger partial charge in [-0.3, -0.25) is 9.59 Å². The van der Waals surface area contributed by atoms with Gasteiger partial charge in [0.15, 0.2) is 17.2 Å². The highest BCUT2D eigenvalue weighted by Crippen LogP contribution is 2.29. The molecule has 0 aliphatic carbocycles. The van der Waals surface area contributed by atoms with Gasteiger partial charge in [0.05, 0.1) is 13.7 Å². The number of aromatic nitrogens is 1. The van der Waals surface area contributed by atoms with E-state index in [1.54, 1.807) is 6.92 Å². The lowest BCUT2D eigenvalue weighted by molar-refractivity contribution is -0.151. The molecule has 0 spiro atoms. The largest absolute Gasteiger partial charge is 0.493 e. The molecule has 1 amide bonds. The van der Waals surface area contributed by atoms with E-state index in [4.69, 9.17) is 23.7 Å². The predicted octanol–water partition coefficient (Wildman–Crippen LogP) is 1.86. The molecule has 0 bridgehead atoms. The third kappa shape index (κ3) is 8.64. The Hall–Kier alpha value is -2.88. The Morgan fingerprint density at radius 1 is 1.20 bits per heavy atom. The van der Waals surface area contributed by atoms with Crippen molar-refractivity contribution in [2.24, 2.45) is 0 Å². The summed E-state index contributed by atoms with van der Waals surface area (Å²) < 4.78 is 25.9. The molecule has 0 saturated heterocycles. The van der Waals surface area contributed by atoms with Gasteiger partial charge in [-0.2, -0.15) is 0 Å². The lowest BCUT2D eigenvalue weighted by Crippen LogP contribution is -2.41. The predicted molar refractivity (Wildman–Crippen MR) is 106 cm³/mol. The summed E-state index contributed by atoms with van der Waals surface area (Å²) in [5.41, 5.74) is -0.123. The van der Waals surface area contributed by atoms with Crippen LogP contribution in [0, 0.1) is 0 Å². The normalized spacial score (nSPS) is 12.4. The van der Waals surface area contributed by atoms with Crippen molar-refractivity contribution in [1.29, 1.82) is 0 Å². The molecule has 0 aliphatic rings. The Bertz CT molecular complexity index is 710. The van der Waals surface area contributed by atoms with Crippen LogP contribution in [0.15, 0.2) is 12.3 Å². The highest BCUT2D eigenvalue weighted by molar-refractivity contribution is 5.98. The van der Waals surface area contributed by atoms with E-state index in [0.29, 0.717) is 19.6 Å². The molecule has 1 rings (SSSR count). The van der Waals surface area contributed by atoms with Crippen molar-refractivity contribution in [3.8, 4) is 11.5 Å². The van der Waals surface area contributed by atoms with E-state index in [0.717, 1.165) is 6.42 Å². The number of hydrogen-bond donors (Lipinski definition) is 1. The highest BCUT2D eigenvalue weighted by Gasteiger charge is 2.24. The Kier molecular flexibility index (Phi) is 11.2. The van der Waals surface area contributed by atoms with Crippen molar-refractivity contribution in [1.82, 2.24) is 10.3 Å². The minimum absolute atomic E-state index is 0.0132. The van der Waals surface area contributed by atoms with Crippen molar-refractivity contribution in [3.05, 3.63) is 18.0 Å². The number of methoxy groups -OCH3 is 1. The van der Waals surface area contributed by atoms with E-state index in [2.05, 4.69) is 10.3 Å². The summed E-state index contributed by atoms with van der Waals surface area (Å²) in [6.07, 6.45) is 2.47. The Labute approximate surface area is 176 Å². The van der Waals surface area contributed by atoms with Crippen LogP contribution in [-0.4, -0.2) is 62.1 Å². The molecule has 2 atom stereocenters. The maximum Gasteiger partial charge on any atom is 0.328 e. The summed E-state index contributed by atoms with van der Waals surface area (Å²) in [4.78, 5) is 39.8. The van der Waals surface area contributed by atoms with Gasteiger partial charge < -0.3 is 29.0 Å². The molecule has 1 heterocycles. The van der Waals surface area contributed by atoms with Gasteiger partial charge in [-0.05, 0) is 20.3 Å². The summed E-state index contributed by atoms with van der Waals surface area (Å²) in [5.74, 6) is -1.60. The van der Waals surface area contributed by atoms with Gasteiger partial charge in [0.25, 0.3) is 5.91 Å². The molecule has 0 aromatic carbocycles. The molecule has 0 unspecified atom stereocenters. The van der Waals surface area contributed by atoms with Crippen molar-refractivity contribution in [3.63, 3.8) is 0 Å². The molecular formula is C20H30N2O8. The number of pyridine rings is 1. The van der Waals surface area contributed by atoms with Crippen molar-refractivity contribution in [2.45, 2.75) is 52.7 Å². The van der Waals surface area contributed by atoms with Gasteiger partial charge in [0.2, 0.25) is 6.79 Å². The Morgan fingerprint density at radius 2 is 1.93 bits per heavy atom. The number of nitrogens with one attached hydrogen (secondary N) is 1. The standard InChI is InChI=1S/C20H30N2O8/c1-6-10-27-11-8-13(2)30-20(25)14(3)22-19(24)17-18(29-12-28-15(4)23)16(26-5)7-9-21-17/h7,9,13-14H,6,8,10-12H2,1-5H3,(H,22,24)/t13-,14-/m0/s1. The van der Waals surface area contributed by atoms with Crippen LogP contribution in [0.2, 0.25) is 0 Å². The van der Waals surface area contributed by atoms with E-state index in [1.165, 1.54) is 33.2 Å². The van der Waals surface area contributed by atoms with Gasteiger partial charge in [-0.15, -0.1) is 0 Å². The second-order valence-electron chi connectivity index (χ2n) is 6.43. The SMILES string of the molecule is CCCOCC[C@H](C)OC(=O)[C@H](C)NC(=O)c1nccc(OC)c1OCOC(C)=O. The van der Waals surface area contributed by atoms with Crippen LogP contribution in [0.3, 0.4) is 0 Å². The summed E-state index contributed by atoms with van der Waals surface area (Å²) in [6.45, 7) is 7.21. The molecule has 1 aromatic heterocycles. The van der Waals surface area contributed by atoms with Gasteiger partial charge in [0, 0.05) is 32.2 Å². The molecule has 0 fully saturated rings.